The summed E-state index contributed by atoms with van der Waals surface area (Å²) in [5.74, 6) is 0.357. The highest BCUT2D eigenvalue weighted by atomic mass is 19.4. The Morgan fingerprint density at radius 1 is 1.09 bits per heavy atom. The van der Waals surface area contributed by atoms with Crippen LogP contribution in [0.4, 0.5) is 19.1 Å². The van der Waals surface area contributed by atoms with Crippen molar-refractivity contribution in [2.24, 2.45) is 0 Å². The van der Waals surface area contributed by atoms with Crippen LogP contribution in [0.5, 0.6) is 11.5 Å². The van der Waals surface area contributed by atoms with E-state index in [1.807, 2.05) is 0 Å². The molecule has 0 amide bonds. The molecule has 164 valence electrons. The molecule has 4 aromatic rings. The molecule has 0 saturated heterocycles. The number of aromatic hydroxyl groups is 1. The highest BCUT2D eigenvalue weighted by molar-refractivity contribution is 5.83. The maximum absolute atomic E-state index is 13.5. The third-order valence-electron chi connectivity index (χ3n) is 4.70. The third-order valence-corrected chi connectivity index (χ3v) is 4.70. The minimum Gasteiger partial charge on any atom is -0.508 e. The van der Waals surface area contributed by atoms with E-state index in [9.17, 15) is 23.1 Å². The molecular formula is C22H17F3N4O3. The number of fused-ring (bicyclic) bond motifs is 1. The largest absolute Gasteiger partial charge is 0.508 e. The number of methoxy groups -OCH3 is 1. The summed E-state index contributed by atoms with van der Waals surface area (Å²) in [4.78, 5) is 21.6. The number of phenols is 1. The maximum Gasteiger partial charge on any atom is 0.405 e. The SMILES string of the molecule is COc1ccc(-c2cc3cnc(NCC(F)(F)F)nc3n(-c3ccc(O)cc3)c2=O)cc1. The zero-order valence-corrected chi connectivity index (χ0v) is 16.7. The molecule has 2 aromatic heterocycles. The number of nitrogens with one attached hydrogen (secondary N) is 1. The van der Waals surface area contributed by atoms with Crippen LogP contribution in [0, 0.1) is 0 Å². The zero-order chi connectivity index (χ0) is 22.9. The molecule has 4 rings (SSSR count). The molecular weight excluding hydrogens is 425 g/mol. The van der Waals surface area contributed by atoms with Gasteiger partial charge in [-0.3, -0.25) is 9.36 Å². The van der Waals surface area contributed by atoms with Crippen molar-refractivity contribution in [1.82, 2.24) is 14.5 Å². The fourth-order valence-electron chi connectivity index (χ4n) is 3.18. The van der Waals surface area contributed by atoms with Gasteiger partial charge in [0, 0.05) is 17.1 Å². The summed E-state index contributed by atoms with van der Waals surface area (Å²) in [6.45, 7) is -1.31. The Morgan fingerprint density at radius 2 is 1.78 bits per heavy atom. The lowest BCUT2D eigenvalue weighted by molar-refractivity contribution is -0.115. The Balaban J connectivity index is 1.93. The average molecular weight is 442 g/mol. The minimum absolute atomic E-state index is 0.000396. The summed E-state index contributed by atoms with van der Waals surface area (Å²) in [7, 11) is 1.53. The number of phenolic OH excluding ortho intramolecular Hbond substituents is 1. The molecule has 0 spiro atoms. The van der Waals surface area contributed by atoms with Crippen molar-refractivity contribution in [1.29, 1.82) is 0 Å². The Labute approximate surface area is 179 Å². The lowest BCUT2D eigenvalue weighted by atomic mass is 10.1. The number of ether oxygens (including phenoxy) is 1. The normalized spacial score (nSPS) is 11.5. The van der Waals surface area contributed by atoms with Crippen molar-refractivity contribution in [3.05, 3.63) is 71.1 Å². The molecule has 0 radical (unpaired) electrons. The van der Waals surface area contributed by atoms with E-state index in [4.69, 9.17) is 4.74 Å². The molecule has 0 aliphatic carbocycles. The molecule has 0 fully saturated rings. The highest BCUT2D eigenvalue weighted by Gasteiger charge is 2.27. The second kappa shape index (κ2) is 8.22. The standard InChI is InChI=1S/C22H17F3N4O3/c1-32-17-8-2-13(3-9-17)18-10-14-11-26-21(27-12-22(23,24)25)28-19(14)29(20(18)31)15-4-6-16(30)7-5-15/h2-11,30H,12H2,1H3,(H,26,27,28). The van der Waals surface area contributed by atoms with Crippen molar-refractivity contribution in [3.8, 4) is 28.3 Å². The molecule has 10 heteroatoms. The van der Waals surface area contributed by atoms with Crippen LogP contribution in [0.3, 0.4) is 0 Å². The number of pyridine rings is 1. The molecule has 0 atom stereocenters. The molecule has 32 heavy (non-hydrogen) atoms. The van der Waals surface area contributed by atoms with E-state index >= 15 is 0 Å². The number of benzene rings is 2. The van der Waals surface area contributed by atoms with Gasteiger partial charge in [-0.05, 0) is 48.0 Å². The number of rotatable bonds is 5. The van der Waals surface area contributed by atoms with Gasteiger partial charge in [0.2, 0.25) is 5.95 Å². The molecule has 2 N–H and O–H groups in total. The van der Waals surface area contributed by atoms with Crippen LogP contribution in [-0.2, 0) is 0 Å². The van der Waals surface area contributed by atoms with Gasteiger partial charge in [-0.15, -0.1) is 0 Å². The predicted molar refractivity (Wildman–Crippen MR) is 113 cm³/mol. The van der Waals surface area contributed by atoms with Crippen LogP contribution in [-0.4, -0.2) is 39.5 Å². The van der Waals surface area contributed by atoms with E-state index in [1.165, 1.54) is 42.1 Å². The number of alkyl halides is 3. The van der Waals surface area contributed by atoms with Crippen molar-refractivity contribution < 1.29 is 23.0 Å². The van der Waals surface area contributed by atoms with Gasteiger partial charge < -0.3 is 15.2 Å². The monoisotopic (exact) mass is 442 g/mol. The first-order chi connectivity index (χ1) is 15.2. The summed E-state index contributed by atoms with van der Waals surface area (Å²) in [6, 6.07) is 14.3. The van der Waals surface area contributed by atoms with Crippen LogP contribution in [0.15, 0.2) is 65.6 Å². The van der Waals surface area contributed by atoms with Gasteiger partial charge in [0.25, 0.3) is 5.56 Å². The Hall–Kier alpha value is -4.08. The third kappa shape index (κ3) is 4.34. The molecule has 7 nitrogen and oxygen atoms in total. The average Bonchev–Trinajstić information content (AvgIpc) is 2.78. The van der Waals surface area contributed by atoms with Crippen LogP contribution in [0.1, 0.15) is 0 Å². The summed E-state index contributed by atoms with van der Waals surface area (Å²) in [5, 5.41) is 12.2. The predicted octanol–water partition coefficient (Wildman–Crippen LogP) is 4.14. The fraction of sp³-hybridized carbons (Fsp3) is 0.136. The number of hydrogen-bond donors (Lipinski definition) is 2. The number of anilines is 1. The van der Waals surface area contributed by atoms with Gasteiger partial charge in [0.15, 0.2) is 5.65 Å². The van der Waals surface area contributed by atoms with Crippen molar-refractivity contribution in [2.75, 3.05) is 19.0 Å². The first-order valence-electron chi connectivity index (χ1n) is 9.42. The molecule has 0 aliphatic heterocycles. The lowest BCUT2D eigenvalue weighted by Gasteiger charge is -2.14. The van der Waals surface area contributed by atoms with E-state index < -0.39 is 18.3 Å². The van der Waals surface area contributed by atoms with E-state index in [0.717, 1.165) is 0 Å². The lowest BCUT2D eigenvalue weighted by Crippen LogP contribution is -2.24. The van der Waals surface area contributed by atoms with Gasteiger partial charge in [-0.25, -0.2) is 4.98 Å². The van der Waals surface area contributed by atoms with Crippen molar-refractivity contribution in [2.45, 2.75) is 6.18 Å². The van der Waals surface area contributed by atoms with Crippen LogP contribution in [0.2, 0.25) is 0 Å². The quantitative estimate of drug-likeness (QED) is 0.483. The second-order valence-corrected chi connectivity index (χ2v) is 6.88. The van der Waals surface area contributed by atoms with E-state index in [0.29, 0.717) is 28.0 Å². The van der Waals surface area contributed by atoms with Crippen molar-refractivity contribution >= 4 is 17.0 Å². The fourth-order valence-corrected chi connectivity index (χ4v) is 3.18. The summed E-state index contributed by atoms with van der Waals surface area (Å²) in [6.07, 6.45) is -3.10. The minimum atomic E-state index is -4.45. The first-order valence-corrected chi connectivity index (χ1v) is 9.42. The topological polar surface area (TPSA) is 89.3 Å². The molecule has 2 heterocycles. The molecule has 0 bridgehead atoms. The van der Waals surface area contributed by atoms with E-state index in [2.05, 4.69) is 15.3 Å². The van der Waals surface area contributed by atoms with Gasteiger partial charge in [0.1, 0.15) is 18.0 Å². The number of aromatic nitrogens is 3. The van der Waals surface area contributed by atoms with Gasteiger partial charge in [-0.2, -0.15) is 18.2 Å². The Morgan fingerprint density at radius 3 is 2.41 bits per heavy atom. The Bertz CT molecular complexity index is 1320. The number of halogens is 3. The van der Waals surface area contributed by atoms with Crippen molar-refractivity contribution in [3.63, 3.8) is 0 Å². The highest BCUT2D eigenvalue weighted by Crippen LogP contribution is 2.25. The molecule has 2 aromatic carbocycles. The van der Waals surface area contributed by atoms with Gasteiger partial charge >= 0.3 is 6.18 Å². The first kappa shape index (κ1) is 21.2. The van der Waals surface area contributed by atoms with Crippen LogP contribution in [0.25, 0.3) is 27.8 Å². The molecule has 0 unspecified atom stereocenters. The van der Waals surface area contributed by atoms with Gasteiger partial charge in [-0.1, -0.05) is 12.1 Å². The number of hydrogen-bond acceptors (Lipinski definition) is 6. The zero-order valence-electron chi connectivity index (χ0n) is 16.7. The summed E-state index contributed by atoms with van der Waals surface area (Å²) in [5.41, 5.74) is 1.03. The number of nitrogens with zero attached hydrogens (tertiary/aromatic N) is 3. The van der Waals surface area contributed by atoms with Crippen LogP contribution >= 0.6 is 0 Å². The Kier molecular flexibility index (Phi) is 5.43. The summed E-state index contributed by atoms with van der Waals surface area (Å²) >= 11 is 0. The van der Waals surface area contributed by atoms with E-state index in [-0.39, 0.29) is 17.3 Å². The summed E-state index contributed by atoms with van der Waals surface area (Å²) < 4.78 is 44.2. The second-order valence-electron chi connectivity index (χ2n) is 6.88. The smallest absolute Gasteiger partial charge is 0.405 e. The van der Waals surface area contributed by atoms with E-state index in [1.54, 1.807) is 30.3 Å². The van der Waals surface area contributed by atoms with Gasteiger partial charge in [0.05, 0.1) is 12.8 Å². The van der Waals surface area contributed by atoms with Crippen LogP contribution < -0.4 is 15.6 Å². The molecule has 0 aliphatic rings. The molecule has 0 saturated carbocycles. The maximum atomic E-state index is 13.5.